The van der Waals surface area contributed by atoms with Crippen LogP contribution in [0, 0.1) is 12.3 Å². The van der Waals surface area contributed by atoms with Gasteiger partial charge in [-0.25, -0.2) is 4.98 Å². The summed E-state index contributed by atoms with van der Waals surface area (Å²) < 4.78 is 0. The van der Waals surface area contributed by atoms with Gasteiger partial charge in [-0.1, -0.05) is 18.2 Å². The Morgan fingerprint density at radius 3 is 2.71 bits per heavy atom. The number of aromatic nitrogens is 1. The summed E-state index contributed by atoms with van der Waals surface area (Å²) in [6.45, 7) is 1.89. The van der Waals surface area contributed by atoms with Crippen molar-refractivity contribution < 1.29 is 0 Å². The Balaban J connectivity index is 2.05. The number of thiazole rings is 1. The fourth-order valence-corrected chi connectivity index (χ4v) is 3.26. The highest BCUT2D eigenvalue weighted by atomic mass is 32.2. The monoisotopic (exact) mass is 263 g/mol. The van der Waals surface area contributed by atoms with Gasteiger partial charge in [0.1, 0.15) is 10.8 Å². The molecule has 0 saturated heterocycles. The average molecular weight is 263 g/mol. The van der Waals surface area contributed by atoms with Crippen LogP contribution in [0.2, 0.25) is 0 Å². The Bertz CT molecular complexity index is 520. The highest BCUT2D eigenvalue weighted by Crippen LogP contribution is 2.26. The van der Waals surface area contributed by atoms with Gasteiger partial charge in [-0.3, -0.25) is 5.41 Å². The van der Waals surface area contributed by atoms with Crippen LogP contribution in [0.3, 0.4) is 0 Å². The van der Waals surface area contributed by atoms with E-state index < -0.39 is 0 Å². The van der Waals surface area contributed by atoms with Crippen molar-refractivity contribution in [1.29, 1.82) is 5.41 Å². The molecule has 0 unspecified atom stereocenters. The van der Waals surface area contributed by atoms with Gasteiger partial charge >= 0.3 is 0 Å². The van der Waals surface area contributed by atoms with E-state index in [-0.39, 0.29) is 5.84 Å². The fraction of sp³-hybridized carbons (Fsp3) is 0.167. The summed E-state index contributed by atoms with van der Waals surface area (Å²) in [6.07, 6.45) is 0. The van der Waals surface area contributed by atoms with Crippen LogP contribution >= 0.6 is 23.1 Å². The van der Waals surface area contributed by atoms with Crippen molar-refractivity contribution in [2.75, 3.05) is 0 Å². The molecule has 0 aliphatic heterocycles. The predicted octanol–water partition coefficient (Wildman–Crippen LogP) is 3.03. The summed E-state index contributed by atoms with van der Waals surface area (Å²) in [4.78, 5) is 6.44. The summed E-state index contributed by atoms with van der Waals surface area (Å²) in [5.74, 6) is 0.930. The molecule has 0 saturated carbocycles. The molecule has 88 valence electrons. The molecule has 0 bridgehead atoms. The van der Waals surface area contributed by atoms with Crippen molar-refractivity contribution >= 4 is 28.9 Å². The zero-order valence-corrected chi connectivity index (χ0v) is 11.1. The van der Waals surface area contributed by atoms with Crippen LogP contribution in [0.1, 0.15) is 15.6 Å². The summed E-state index contributed by atoms with van der Waals surface area (Å²) >= 11 is 3.25. The van der Waals surface area contributed by atoms with Crippen LogP contribution in [0.5, 0.6) is 0 Å². The number of nitrogen functional groups attached to an aromatic ring is 1. The first-order chi connectivity index (χ1) is 8.16. The maximum Gasteiger partial charge on any atom is 0.135 e. The molecular weight excluding hydrogens is 250 g/mol. The Morgan fingerprint density at radius 1 is 1.41 bits per heavy atom. The van der Waals surface area contributed by atoms with Crippen LogP contribution in [-0.4, -0.2) is 10.8 Å². The van der Waals surface area contributed by atoms with Crippen molar-refractivity contribution in [3.8, 4) is 0 Å². The highest BCUT2D eigenvalue weighted by molar-refractivity contribution is 7.98. The molecule has 3 nitrogen and oxygen atoms in total. The van der Waals surface area contributed by atoms with Gasteiger partial charge in [0.25, 0.3) is 0 Å². The van der Waals surface area contributed by atoms with Gasteiger partial charge in [-0.05, 0) is 19.1 Å². The van der Waals surface area contributed by atoms with Gasteiger partial charge in [0.05, 0.1) is 16.3 Å². The minimum absolute atomic E-state index is 0.107. The molecule has 0 radical (unpaired) electrons. The van der Waals surface area contributed by atoms with Crippen LogP contribution in [-0.2, 0) is 5.75 Å². The lowest BCUT2D eigenvalue weighted by atomic mass is 10.4. The Hall–Kier alpha value is -1.33. The molecule has 3 N–H and O–H groups in total. The van der Waals surface area contributed by atoms with Crippen LogP contribution in [0.25, 0.3) is 0 Å². The highest BCUT2D eigenvalue weighted by Gasteiger charge is 2.09. The Morgan fingerprint density at radius 2 is 2.12 bits per heavy atom. The van der Waals surface area contributed by atoms with Crippen LogP contribution in [0.15, 0.2) is 35.2 Å². The number of hydrogen-bond donors (Lipinski definition) is 2. The van der Waals surface area contributed by atoms with Gasteiger partial charge < -0.3 is 5.73 Å². The number of rotatable bonds is 4. The third-order valence-corrected chi connectivity index (χ3v) is 4.59. The van der Waals surface area contributed by atoms with Crippen molar-refractivity contribution in [1.82, 2.24) is 4.98 Å². The molecular formula is C12H13N3S2. The quantitative estimate of drug-likeness (QED) is 0.506. The molecule has 0 amide bonds. The minimum Gasteiger partial charge on any atom is -0.383 e. The number of benzene rings is 1. The minimum atomic E-state index is 0.107. The number of thioether (sulfide) groups is 1. The third kappa shape index (κ3) is 3.08. The SMILES string of the molecule is Cc1nc(CSc2ccccc2)sc1C(=N)N. The molecule has 0 aliphatic rings. The molecule has 2 rings (SSSR count). The summed E-state index contributed by atoms with van der Waals surface area (Å²) in [5, 5.41) is 8.44. The zero-order valence-electron chi connectivity index (χ0n) is 9.43. The molecule has 0 aliphatic carbocycles. The van der Waals surface area contributed by atoms with E-state index in [1.54, 1.807) is 11.8 Å². The standard InChI is InChI=1S/C12H13N3S2/c1-8-11(12(13)14)17-10(15-8)7-16-9-5-3-2-4-6-9/h2-6H,7H2,1H3,(H3,13,14). The van der Waals surface area contributed by atoms with Gasteiger partial charge in [0, 0.05) is 4.90 Å². The second-order valence-electron chi connectivity index (χ2n) is 3.54. The van der Waals surface area contributed by atoms with E-state index in [2.05, 4.69) is 17.1 Å². The summed E-state index contributed by atoms with van der Waals surface area (Å²) in [7, 11) is 0. The number of aryl methyl sites for hydroxylation is 1. The van der Waals surface area contributed by atoms with Gasteiger partial charge in [0.2, 0.25) is 0 Å². The van der Waals surface area contributed by atoms with E-state index in [1.807, 2.05) is 25.1 Å². The molecule has 2 aromatic rings. The number of hydrogen-bond acceptors (Lipinski definition) is 4. The predicted molar refractivity (Wildman–Crippen MR) is 73.9 cm³/mol. The summed E-state index contributed by atoms with van der Waals surface area (Å²) in [5.41, 5.74) is 6.34. The first kappa shape index (κ1) is 12.1. The lowest BCUT2D eigenvalue weighted by Gasteiger charge is -1.97. The second kappa shape index (κ2) is 5.33. The summed E-state index contributed by atoms with van der Waals surface area (Å²) in [6, 6.07) is 10.2. The van der Waals surface area contributed by atoms with E-state index in [1.165, 1.54) is 16.2 Å². The molecule has 0 spiro atoms. The normalized spacial score (nSPS) is 10.4. The first-order valence-corrected chi connectivity index (χ1v) is 6.95. The van der Waals surface area contributed by atoms with Crippen LogP contribution in [0.4, 0.5) is 0 Å². The van der Waals surface area contributed by atoms with E-state index in [0.717, 1.165) is 21.3 Å². The maximum atomic E-state index is 7.43. The molecule has 1 aromatic carbocycles. The smallest absolute Gasteiger partial charge is 0.135 e. The molecule has 0 atom stereocenters. The van der Waals surface area contributed by atoms with Gasteiger partial charge in [0.15, 0.2) is 0 Å². The van der Waals surface area contributed by atoms with Gasteiger partial charge in [-0.15, -0.1) is 23.1 Å². The van der Waals surface area contributed by atoms with Crippen molar-refractivity contribution in [3.05, 3.63) is 45.9 Å². The largest absolute Gasteiger partial charge is 0.383 e. The van der Waals surface area contributed by atoms with Crippen molar-refractivity contribution in [3.63, 3.8) is 0 Å². The molecule has 1 heterocycles. The number of nitrogens with one attached hydrogen (secondary N) is 1. The molecule has 5 heteroatoms. The fourth-order valence-electron chi connectivity index (χ4n) is 1.43. The van der Waals surface area contributed by atoms with Crippen LogP contribution < -0.4 is 5.73 Å². The Kier molecular flexibility index (Phi) is 3.81. The maximum absolute atomic E-state index is 7.43. The Labute approximate surface area is 109 Å². The second-order valence-corrected chi connectivity index (χ2v) is 5.67. The number of amidine groups is 1. The molecule has 1 aromatic heterocycles. The lowest BCUT2D eigenvalue weighted by molar-refractivity contribution is 1.17. The number of nitrogens with two attached hydrogens (primary N) is 1. The van der Waals surface area contributed by atoms with E-state index in [4.69, 9.17) is 11.1 Å². The van der Waals surface area contributed by atoms with Crippen molar-refractivity contribution in [2.24, 2.45) is 5.73 Å². The van der Waals surface area contributed by atoms with Crippen molar-refractivity contribution in [2.45, 2.75) is 17.6 Å². The number of nitrogens with zero attached hydrogens (tertiary/aromatic N) is 1. The third-order valence-electron chi connectivity index (χ3n) is 2.19. The topological polar surface area (TPSA) is 62.8 Å². The molecule has 17 heavy (non-hydrogen) atoms. The van der Waals surface area contributed by atoms with E-state index in [9.17, 15) is 0 Å². The first-order valence-electron chi connectivity index (χ1n) is 5.15. The van der Waals surface area contributed by atoms with E-state index >= 15 is 0 Å². The lowest BCUT2D eigenvalue weighted by Crippen LogP contribution is -2.10. The average Bonchev–Trinajstić information content (AvgIpc) is 2.69. The zero-order chi connectivity index (χ0) is 12.3. The molecule has 0 fully saturated rings. The van der Waals surface area contributed by atoms with E-state index in [0.29, 0.717) is 0 Å². The van der Waals surface area contributed by atoms with Gasteiger partial charge in [-0.2, -0.15) is 0 Å².